The number of hydrogen-bond acceptors (Lipinski definition) is 3. The Labute approximate surface area is 148 Å². The number of carbonyl (C=O) groups is 1. The zero-order chi connectivity index (χ0) is 16.9. The number of pyridine rings is 1. The van der Waals surface area contributed by atoms with Crippen molar-refractivity contribution in [1.29, 1.82) is 0 Å². The van der Waals surface area contributed by atoms with Gasteiger partial charge in [0.2, 0.25) is 0 Å². The molecule has 0 aliphatic rings. The van der Waals surface area contributed by atoms with E-state index < -0.39 is 0 Å². The minimum Gasteiger partial charge on any atom is -0.347 e. The third-order valence-electron chi connectivity index (χ3n) is 3.37. The molecule has 0 unspecified atom stereocenters. The van der Waals surface area contributed by atoms with Crippen molar-refractivity contribution in [2.24, 2.45) is 0 Å². The predicted molar refractivity (Wildman–Crippen MR) is 96.4 cm³/mol. The van der Waals surface area contributed by atoms with E-state index in [1.165, 1.54) is 11.3 Å². The Bertz CT molecular complexity index is 913. The topological polar surface area (TPSA) is 46.4 Å². The summed E-state index contributed by atoms with van der Waals surface area (Å²) in [6, 6.07) is 12.7. The molecule has 0 bridgehead atoms. The number of aromatic nitrogens is 1. The summed E-state index contributed by atoms with van der Waals surface area (Å²) in [4.78, 5) is 20.2. The Kier molecular flexibility index (Phi) is 4.90. The van der Waals surface area contributed by atoms with E-state index in [4.69, 9.17) is 18.2 Å². The first-order valence-electron chi connectivity index (χ1n) is 7.11. The highest BCUT2D eigenvalue weighted by molar-refractivity contribution is 7.17. The van der Waals surface area contributed by atoms with Crippen LogP contribution in [0.3, 0.4) is 0 Å². The third-order valence-corrected chi connectivity index (χ3v) is 4.60. The second-order valence-corrected chi connectivity index (χ2v) is 6.74. The van der Waals surface area contributed by atoms with Gasteiger partial charge in [-0.15, -0.1) is 11.3 Å². The molecule has 118 valence electrons. The number of nitrogens with zero attached hydrogens (tertiary/aromatic N) is 2. The lowest BCUT2D eigenvalue weighted by Crippen LogP contribution is -2.21. The van der Waals surface area contributed by atoms with Crippen LogP contribution in [0.2, 0.25) is 4.34 Å². The molecule has 4 nitrogen and oxygen atoms in total. The Hall–Kier alpha value is -2.68. The fourth-order valence-corrected chi connectivity index (χ4v) is 3.14. The van der Waals surface area contributed by atoms with E-state index in [0.717, 1.165) is 16.7 Å². The lowest BCUT2D eigenvalue weighted by molar-refractivity contribution is 0.0955. The number of nitrogens with one attached hydrogen (secondary N) is 1. The van der Waals surface area contributed by atoms with Crippen molar-refractivity contribution >= 4 is 34.5 Å². The van der Waals surface area contributed by atoms with Crippen LogP contribution in [-0.4, -0.2) is 10.9 Å². The van der Waals surface area contributed by atoms with Gasteiger partial charge < -0.3 is 5.32 Å². The Morgan fingerprint density at radius 2 is 1.96 bits per heavy atom. The number of carbonyl (C=O) groups excluding carboxylic acids is 1. The van der Waals surface area contributed by atoms with Crippen molar-refractivity contribution in [3.8, 4) is 11.1 Å². The van der Waals surface area contributed by atoms with Crippen molar-refractivity contribution in [3.63, 3.8) is 0 Å². The van der Waals surface area contributed by atoms with E-state index in [9.17, 15) is 4.79 Å². The predicted octanol–water partition coefficient (Wildman–Crippen LogP) is 4.94. The number of halogens is 1. The van der Waals surface area contributed by atoms with Crippen LogP contribution in [0.1, 0.15) is 15.2 Å². The molecule has 0 fully saturated rings. The van der Waals surface area contributed by atoms with Crippen LogP contribution in [0.4, 0.5) is 5.69 Å². The first-order chi connectivity index (χ1) is 11.7. The SMILES string of the molecule is [C-]#[N+]c1ccc(-c2cncc(CNC(=O)c3ccc(Cl)s3)c2)cc1. The number of hydrogen-bond donors (Lipinski definition) is 1. The number of rotatable bonds is 4. The molecule has 2 heterocycles. The monoisotopic (exact) mass is 353 g/mol. The van der Waals surface area contributed by atoms with Gasteiger partial charge in [0, 0.05) is 24.5 Å². The average molecular weight is 354 g/mol. The Morgan fingerprint density at radius 3 is 2.62 bits per heavy atom. The first kappa shape index (κ1) is 16.2. The molecule has 0 saturated heterocycles. The highest BCUT2D eigenvalue weighted by Gasteiger charge is 2.08. The number of amides is 1. The maximum atomic E-state index is 12.0. The highest BCUT2D eigenvalue weighted by atomic mass is 35.5. The third kappa shape index (κ3) is 3.80. The molecule has 0 saturated carbocycles. The second-order valence-electron chi connectivity index (χ2n) is 5.03. The molecule has 0 aliphatic heterocycles. The fraction of sp³-hybridized carbons (Fsp3) is 0.0556. The molecule has 0 radical (unpaired) electrons. The smallest absolute Gasteiger partial charge is 0.261 e. The largest absolute Gasteiger partial charge is 0.347 e. The van der Waals surface area contributed by atoms with Crippen molar-refractivity contribution in [2.45, 2.75) is 6.54 Å². The van der Waals surface area contributed by atoms with Crippen molar-refractivity contribution in [2.75, 3.05) is 0 Å². The second kappa shape index (κ2) is 7.26. The summed E-state index contributed by atoms with van der Waals surface area (Å²) in [5.41, 5.74) is 3.42. The molecular weight excluding hydrogens is 342 g/mol. The maximum absolute atomic E-state index is 12.0. The van der Waals surface area contributed by atoms with Crippen LogP contribution in [-0.2, 0) is 6.54 Å². The van der Waals surface area contributed by atoms with Gasteiger partial charge in [-0.1, -0.05) is 35.9 Å². The molecule has 0 aliphatic carbocycles. The minimum atomic E-state index is -0.154. The van der Waals surface area contributed by atoms with E-state index in [0.29, 0.717) is 21.4 Å². The summed E-state index contributed by atoms with van der Waals surface area (Å²) < 4.78 is 0.590. The molecule has 1 N–H and O–H groups in total. The molecule has 24 heavy (non-hydrogen) atoms. The van der Waals surface area contributed by atoms with Crippen LogP contribution in [0.25, 0.3) is 16.0 Å². The standard InChI is InChI=1S/C18H12ClN3OS/c1-20-15-4-2-13(3-5-15)14-8-12(9-21-11-14)10-22-18(23)16-6-7-17(19)24-16/h2-9,11H,10H2,(H,22,23). The van der Waals surface area contributed by atoms with Crippen molar-refractivity contribution in [1.82, 2.24) is 10.3 Å². The number of benzene rings is 1. The van der Waals surface area contributed by atoms with Gasteiger partial charge in [0.25, 0.3) is 5.91 Å². The lowest BCUT2D eigenvalue weighted by atomic mass is 10.1. The van der Waals surface area contributed by atoms with Gasteiger partial charge in [-0.25, -0.2) is 4.85 Å². The van der Waals surface area contributed by atoms with Crippen molar-refractivity contribution < 1.29 is 4.79 Å². The van der Waals surface area contributed by atoms with Crippen LogP contribution in [0.5, 0.6) is 0 Å². The maximum Gasteiger partial charge on any atom is 0.261 e. The summed E-state index contributed by atoms with van der Waals surface area (Å²) in [6.07, 6.45) is 3.48. The van der Waals surface area contributed by atoms with Gasteiger partial charge in [-0.05, 0) is 29.3 Å². The van der Waals surface area contributed by atoms with E-state index in [1.54, 1.807) is 36.7 Å². The average Bonchev–Trinajstić information content (AvgIpc) is 3.06. The van der Waals surface area contributed by atoms with Gasteiger partial charge >= 0.3 is 0 Å². The zero-order valence-corrected chi connectivity index (χ0v) is 14.1. The normalized spacial score (nSPS) is 10.2. The molecule has 2 aromatic heterocycles. The molecule has 0 spiro atoms. The van der Waals surface area contributed by atoms with Gasteiger partial charge in [-0.3, -0.25) is 9.78 Å². The molecule has 1 aromatic carbocycles. The Morgan fingerprint density at radius 1 is 1.17 bits per heavy atom. The summed E-state index contributed by atoms with van der Waals surface area (Å²) in [6.45, 7) is 7.37. The molecule has 3 rings (SSSR count). The summed E-state index contributed by atoms with van der Waals surface area (Å²) in [7, 11) is 0. The molecular formula is C18H12ClN3OS. The van der Waals surface area contributed by atoms with E-state index in [1.807, 2.05) is 18.2 Å². The quantitative estimate of drug-likeness (QED) is 0.675. The summed E-state index contributed by atoms with van der Waals surface area (Å²) in [5.74, 6) is -0.154. The molecule has 3 aromatic rings. The molecule has 6 heteroatoms. The first-order valence-corrected chi connectivity index (χ1v) is 8.30. The zero-order valence-electron chi connectivity index (χ0n) is 12.5. The van der Waals surface area contributed by atoms with Crippen LogP contribution < -0.4 is 5.32 Å². The number of thiophene rings is 1. The Balaban J connectivity index is 1.71. The van der Waals surface area contributed by atoms with E-state index in [-0.39, 0.29) is 5.91 Å². The van der Waals surface area contributed by atoms with Gasteiger partial charge in [0.1, 0.15) is 0 Å². The molecule has 1 amide bonds. The molecule has 0 atom stereocenters. The van der Waals surface area contributed by atoms with Gasteiger partial charge in [0.05, 0.1) is 15.8 Å². The minimum absolute atomic E-state index is 0.154. The van der Waals surface area contributed by atoms with E-state index in [2.05, 4.69) is 15.1 Å². The van der Waals surface area contributed by atoms with Crippen molar-refractivity contribution in [3.05, 3.63) is 81.1 Å². The summed E-state index contributed by atoms with van der Waals surface area (Å²) in [5, 5.41) is 2.86. The van der Waals surface area contributed by atoms with Gasteiger partial charge in [-0.2, -0.15) is 0 Å². The highest BCUT2D eigenvalue weighted by Crippen LogP contribution is 2.23. The lowest BCUT2D eigenvalue weighted by Gasteiger charge is -2.06. The van der Waals surface area contributed by atoms with E-state index >= 15 is 0 Å². The van der Waals surface area contributed by atoms with Crippen LogP contribution >= 0.6 is 22.9 Å². The van der Waals surface area contributed by atoms with Gasteiger partial charge in [0.15, 0.2) is 5.69 Å². The summed E-state index contributed by atoms with van der Waals surface area (Å²) >= 11 is 7.09. The van der Waals surface area contributed by atoms with Crippen LogP contribution in [0, 0.1) is 6.57 Å². The fourth-order valence-electron chi connectivity index (χ4n) is 2.18. The van der Waals surface area contributed by atoms with Crippen LogP contribution in [0.15, 0.2) is 54.9 Å².